The summed E-state index contributed by atoms with van der Waals surface area (Å²) >= 11 is 0. The molecule has 1 aliphatic rings. The van der Waals surface area contributed by atoms with Crippen LogP contribution in [-0.4, -0.2) is 20.1 Å². The molecule has 0 atom stereocenters. The van der Waals surface area contributed by atoms with Crippen molar-refractivity contribution in [3.63, 3.8) is 0 Å². The number of nitrogens with one attached hydrogen (secondary N) is 2. The van der Waals surface area contributed by atoms with Crippen molar-refractivity contribution in [2.45, 2.75) is 6.92 Å². The molecule has 0 aliphatic carbocycles. The van der Waals surface area contributed by atoms with Crippen molar-refractivity contribution >= 4 is 11.3 Å². The summed E-state index contributed by atoms with van der Waals surface area (Å²) < 4.78 is 13.3. The molecule has 0 saturated carbocycles. The van der Waals surface area contributed by atoms with Gasteiger partial charge in [-0.3, -0.25) is 0 Å². The number of nitrogens with zero attached hydrogens (tertiary/aromatic N) is 1. The van der Waals surface area contributed by atoms with Crippen LogP contribution in [0.15, 0.2) is 50.3 Å². The summed E-state index contributed by atoms with van der Waals surface area (Å²) in [6, 6.07) is 4.88. The van der Waals surface area contributed by atoms with Crippen molar-refractivity contribution in [1.82, 2.24) is 5.32 Å². The third-order valence-electron chi connectivity index (χ3n) is 2.25. The molecule has 1 fully saturated rings. The first-order chi connectivity index (χ1) is 9.69. The Morgan fingerprint density at radius 1 is 1.38 bits per heavy atom. The van der Waals surface area contributed by atoms with Gasteiger partial charge in [0.2, 0.25) is 0 Å². The Balaban J connectivity index is 0. The van der Waals surface area contributed by atoms with Crippen molar-refractivity contribution < 1.29 is 37.1 Å². The molecule has 5 heteroatoms. The van der Waals surface area contributed by atoms with E-state index in [1.54, 1.807) is 25.4 Å². The molecule has 1 radical (unpaired) electrons. The fourth-order valence-electron chi connectivity index (χ4n) is 1.26. The Bertz CT molecular complexity index is 442. The van der Waals surface area contributed by atoms with Crippen molar-refractivity contribution in [1.29, 1.82) is 0 Å². The SMILES string of the molecule is C1CN1.C=C.C=CNc1cc(/C(C)=C/[N-]C)ccc1F.[Y]. The second-order valence-corrected chi connectivity index (χ2v) is 3.86. The van der Waals surface area contributed by atoms with Gasteiger partial charge in [-0.2, -0.15) is 6.20 Å². The van der Waals surface area contributed by atoms with Crippen LogP contribution in [0.5, 0.6) is 0 Å². The van der Waals surface area contributed by atoms with E-state index < -0.39 is 0 Å². The molecule has 0 bridgehead atoms. The third-order valence-corrected chi connectivity index (χ3v) is 2.25. The van der Waals surface area contributed by atoms with Crippen LogP contribution >= 0.6 is 0 Å². The summed E-state index contributed by atoms with van der Waals surface area (Å²) in [5.74, 6) is -0.292. The topological polar surface area (TPSA) is 48.1 Å². The van der Waals surface area contributed by atoms with Crippen molar-refractivity contribution in [3.05, 3.63) is 67.0 Å². The van der Waals surface area contributed by atoms with Gasteiger partial charge in [0.15, 0.2) is 0 Å². The van der Waals surface area contributed by atoms with Crippen molar-refractivity contribution in [2.24, 2.45) is 0 Å². The number of anilines is 1. The number of allylic oxidation sites excluding steroid dienone is 1. The van der Waals surface area contributed by atoms with E-state index in [2.05, 4.69) is 35.7 Å². The van der Waals surface area contributed by atoms with E-state index in [1.165, 1.54) is 25.4 Å². The second-order valence-electron chi connectivity index (χ2n) is 3.86. The maximum atomic E-state index is 13.3. The summed E-state index contributed by atoms with van der Waals surface area (Å²) in [5, 5.41) is 9.66. The van der Waals surface area contributed by atoms with Crippen LogP contribution in [0.3, 0.4) is 0 Å². The molecule has 0 unspecified atom stereocenters. The Labute approximate surface area is 152 Å². The van der Waals surface area contributed by atoms with Crippen LogP contribution in [0.2, 0.25) is 0 Å². The van der Waals surface area contributed by atoms with Gasteiger partial charge in [-0.05, 0) is 30.8 Å². The fraction of sp³-hybridized carbons (Fsp3) is 0.250. The Morgan fingerprint density at radius 3 is 2.38 bits per heavy atom. The molecule has 0 spiro atoms. The molecule has 1 heterocycles. The summed E-state index contributed by atoms with van der Waals surface area (Å²) in [7, 11) is 1.70. The van der Waals surface area contributed by atoms with E-state index >= 15 is 0 Å². The molecular weight excluding hydrogens is 342 g/mol. The molecule has 21 heavy (non-hydrogen) atoms. The Kier molecular flexibility index (Phi) is 14.9. The third kappa shape index (κ3) is 10.4. The van der Waals surface area contributed by atoms with E-state index in [0.29, 0.717) is 5.69 Å². The molecule has 1 aliphatic heterocycles. The first kappa shape index (κ1) is 22.3. The van der Waals surface area contributed by atoms with Gasteiger partial charge in [-0.1, -0.05) is 18.2 Å². The molecule has 0 aromatic heterocycles. The smallest absolute Gasteiger partial charge is 0.146 e. The van der Waals surface area contributed by atoms with Gasteiger partial charge in [0.05, 0.1) is 5.69 Å². The molecule has 1 aromatic rings. The summed E-state index contributed by atoms with van der Waals surface area (Å²) in [6.45, 7) is 13.9. The zero-order valence-corrected chi connectivity index (χ0v) is 15.7. The molecule has 3 nitrogen and oxygen atoms in total. The second kappa shape index (κ2) is 14.0. The number of benzene rings is 1. The zero-order chi connectivity index (χ0) is 15.4. The van der Waals surface area contributed by atoms with Crippen LogP contribution < -0.4 is 10.6 Å². The van der Waals surface area contributed by atoms with Crippen molar-refractivity contribution in [2.75, 3.05) is 25.5 Å². The predicted molar refractivity (Wildman–Crippen MR) is 87.3 cm³/mol. The summed E-state index contributed by atoms with van der Waals surface area (Å²) in [5.41, 5.74) is 2.35. The maximum Gasteiger partial charge on any atom is 0.146 e. The zero-order valence-electron chi connectivity index (χ0n) is 12.8. The van der Waals surface area contributed by atoms with Gasteiger partial charge in [0.1, 0.15) is 5.82 Å². The van der Waals surface area contributed by atoms with Gasteiger partial charge >= 0.3 is 0 Å². The van der Waals surface area contributed by atoms with E-state index in [1.807, 2.05) is 6.92 Å². The average molecular weight is 365 g/mol. The van der Waals surface area contributed by atoms with Gasteiger partial charge in [-0.25, -0.2) is 4.39 Å². The Morgan fingerprint density at radius 2 is 1.95 bits per heavy atom. The van der Waals surface area contributed by atoms with Gasteiger partial charge in [0.25, 0.3) is 0 Å². The molecular formula is C16H23FN3Y-. The molecule has 2 rings (SSSR count). The van der Waals surface area contributed by atoms with Crippen LogP contribution in [0, 0.1) is 5.82 Å². The standard InChI is InChI=1S/C12H14FN2.C2H5N.C2H4.Y/c1-4-15-12-7-10(5-6-11(12)13)9(2)8-14-3;1-2-3-1;1-2;/h4-8,15H,1H2,2-3H3;3H,1-2H2;1-2H2;/q-1;;;/b9-8+;;;. The largest absolute Gasteiger partial charge is 0.693 e. The van der Waals surface area contributed by atoms with E-state index in [4.69, 9.17) is 0 Å². The summed E-state index contributed by atoms with van der Waals surface area (Å²) in [4.78, 5) is 0. The molecule has 1 aromatic carbocycles. The molecule has 113 valence electrons. The minimum absolute atomic E-state index is 0. The number of halogens is 1. The van der Waals surface area contributed by atoms with Crippen LogP contribution in [-0.2, 0) is 32.7 Å². The maximum absolute atomic E-state index is 13.3. The first-order valence-electron chi connectivity index (χ1n) is 6.33. The van der Waals surface area contributed by atoms with E-state index in [-0.39, 0.29) is 38.5 Å². The van der Waals surface area contributed by atoms with Crippen LogP contribution in [0.25, 0.3) is 10.9 Å². The van der Waals surface area contributed by atoms with Gasteiger partial charge in [-0.15, -0.1) is 20.2 Å². The summed E-state index contributed by atoms with van der Waals surface area (Å²) in [6.07, 6.45) is 3.19. The van der Waals surface area contributed by atoms with E-state index in [0.717, 1.165) is 11.1 Å². The number of hydrogen-bond acceptors (Lipinski definition) is 2. The number of rotatable bonds is 4. The quantitative estimate of drug-likeness (QED) is 0.623. The van der Waals surface area contributed by atoms with Gasteiger partial charge in [0, 0.05) is 45.8 Å². The normalized spacial score (nSPS) is 11.5. The monoisotopic (exact) mass is 365 g/mol. The molecule has 0 amide bonds. The van der Waals surface area contributed by atoms with Gasteiger partial charge < -0.3 is 16.0 Å². The minimum atomic E-state index is -0.292. The minimum Gasteiger partial charge on any atom is -0.693 e. The van der Waals surface area contributed by atoms with Crippen molar-refractivity contribution in [3.8, 4) is 0 Å². The fourth-order valence-corrected chi connectivity index (χ4v) is 1.26. The average Bonchev–Trinajstić information content (AvgIpc) is 3.32. The first-order valence-corrected chi connectivity index (χ1v) is 6.33. The Hall–Kier alpha value is -0.966. The molecule has 2 N–H and O–H groups in total. The van der Waals surface area contributed by atoms with Crippen LogP contribution in [0.4, 0.5) is 10.1 Å². The van der Waals surface area contributed by atoms with E-state index in [9.17, 15) is 4.39 Å². The molecule has 1 saturated heterocycles. The van der Waals surface area contributed by atoms with Crippen LogP contribution in [0.1, 0.15) is 12.5 Å². The predicted octanol–water partition coefficient (Wildman–Crippen LogP) is 4.13. The number of hydrogen-bond donors (Lipinski definition) is 2.